The number of nitrogens with one attached hydrogen (secondary N) is 1. The van der Waals surface area contributed by atoms with Crippen LogP contribution in [0.15, 0.2) is 53.4 Å². The summed E-state index contributed by atoms with van der Waals surface area (Å²) in [6.45, 7) is 4.01. The summed E-state index contributed by atoms with van der Waals surface area (Å²) in [6, 6.07) is 14.8. The van der Waals surface area contributed by atoms with Crippen molar-refractivity contribution >= 4 is 10.0 Å². The number of sulfonamides is 1. The molecule has 2 heterocycles. The molecular formula is C20H24N2O5S. The van der Waals surface area contributed by atoms with Crippen LogP contribution < -0.4 is 14.2 Å². The molecule has 2 aliphatic rings. The predicted octanol–water partition coefficient (Wildman–Crippen LogP) is 1.81. The Balaban J connectivity index is 1.33. The molecule has 2 aromatic carbocycles. The van der Waals surface area contributed by atoms with E-state index < -0.39 is 10.0 Å². The van der Waals surface area contributed by atoms with Crippen molar-refractivity contribution in [2.24, 2.45) is 0 Å². The third kappa shape index (κ3) is 4.47. The van der Waals surface area contributed by atoms with E-state index in [2.05, 4.69) is 21.8 Å². The summed E-state index contributed by atoms with van der Waals surface area (Å²) in [5, 5.41) is 0. The van der Waals surface area contributed by atoms with E-state index in [1.165, 1.54) is 12.1 Å². The first kappa shape index (κ1) is 19.2. The molecule has 2 aliphatic heterocycles. The highest BCUT2D eigenvalue weighted by molar-refractivity contribution is 7.89. The Bertz CT molecular complexity index is 904. The van der Waals surface area contributed by atoms with Crippen LogP contribution in [-0.2, 0) is 14.8 Å². The first-order chi connectivity index (χ1) is 13.6. The molecule has 0 aromatic heterocycles. The van der Waals surface area contributed by atoms with Gasteiger partial charge in [0.1, 0.15) is 13.2 Å². The van der Waals surface area contributed by atoms with E-state index in [0.29, 0.717) is 44.4 Å². The Kier molecular flexibility index (Phi) is 5.82. The van der Waals surface area contributed by atoms with Gasteiger partial charge in [0.05, 0.1) is 17.6 Å². The van der Waals surface area contributed by atoms with E-state index >= 15 is 0 Å². The third-order valence-corrected chi connectivity index (χ3v) is 6.32. The summed E-state index contributed by atoms with van der Waals surface area (Å²) in [6.07, 6.45) is 0.0179. The first-order valence-electron chi connectivity index (χ1n) is 9.40. The van der Waals surface area contributed by atoms with Gasteiger partial charge in [-0.25, -0.2) is 13.1 Å². The molecule has 8 heteroatoms. The molecule has 1 saturated heterocycles. The molecule has 150 valence electrons. The van der Waals surface area contributed by atoms with Crippen LogP contribution in [0.25, 0.3) is 0 Å². The van der Waals surface area contributed by atoms with Crippen LogP contribution >= 0.6 is 0 Å². The van der Waals surface area contributed by atoms with Gasteiger partial charge in [0, 0.05) is 32.2 Å². The van der Waals surface area contributed by atoms with E-state index in [-0.39, 0.29) is 11.0 Å². The van der Waals surface area contributed by atoms with Gasteiger partial charge in [-0.2, -0.15) is 0 Å². The molecule has 2 aromatic rings. The second-order valence-electron chi connectivity index (χ2n) is 6.77. The number of ether oxygens (including phenoxy) is 3. The van der Waals surface area contributed by atoms with Crippen LogP contribution in [0.2, 0.25) is 0 Å². The van der Waals surface area contributed by atoms with Crippen LogP contribution in [-0.4, -0.2) is 59.3 Å². The van der Waals surface area contributed by atoms with Gasteiger partial charge < -0.3 is 14.2 Å². The van der Waals surface area contributed by atoms with Crippen molar-refractivity contribution in [2.45, 2.75) is 11.0 Å². The largest absolute Gasteiger partial charge is 0.486 e. The summed E-state index contributed by atoms with van der Waals surface area (Å²) in [7, 11) is -3.60. The highest BCUT2D eigenvalue weighted by atomic mass is 32.2. The molecule has 0 unspecified atom stereocenters. The molecule has 0 amide bonds. The lowest BCUT2D eigenvalue weighted by atomic mass is 10.1. The molecule has 0 spiro atoms. The number of hydrogen-bond acceptors (Lipinski definition) is 6. The Morgan fingerprint density at radius 2 is 1.79 bits per heavy atom. The van der Waals surface area contributed by atoms with Gasteiger partial charge in [-0.3, -0.25) is 4.90 Å². The van der Waals surface area contributed by atoms with Crippen LogP contribution in [0.3, 0.4) is 0 Å². The fraction of sp³-hybridized carbons (Fsp3) is 0.400. The molecule has 1 atom stereocenters. The SMILES string of the molecule is O=S(=O)(NCCN1CCO[C@@H](c2ccccc2)C1)c1ccc2c(c1)OCCO2. The van der Waals surface area contributed by atoms with E-state index in [4.69, 9.17) is 14.2 Å². The number of nitrogens with zero attached hydrogens (tertiary/aromatic N) is 1. The van der Waals surface area contributed by atoms with Gasteiger partial charge in [-0.05, 0) is 17.7 Å². The summed E-state index contributed by atoms with van der Waals surface area (Å²) in [4.78, 5) is 2.40. The van der Waals surface area contributed by atoms with Crippen LogP contribution in [0, 0.1) is 0 Å². The van der Waals surface area contributed by atoms with Crippen molar-refractivity contribution in [2.75, 3.05) is 46.0 Å². The van der Waals surface area contributed by atoms with Gasteiger partial charge in [-0.1, -0.05) is 30.3 Å². The van der Waals surface area contributed by atoms with Gasteiger partial charge in [0.2, 0.25) is 10.0 Å². The number of benzene rings is 2. The van der Waals surface area contributed by atoms with Gasteiger partial charge in [0.15, 0.2) is 11.5 Å². The maximum Gasteiger partial charge on any atom is 0.240 e. The number of fused-ring (bicyclic) bond motifs is 1. The Morgan fingerprint density at radius 3 is 2.61 bits per heavy atom. The van der Waals surface area contributed by atoms with Crippen molar-refractivity contribution in [3.63, 3.8) is 0 Å². The predicted molar refractivity (Wildman–Crippen MR) is 104 cm³/mol. The molecule has 0 saturated carbocycles. The topological polar surface area (TPSA) is 77.1 Å². The molecule has 0 bridgehead atoms. The smallest absolute Gasteiger partial charge is 0.240 e. The fourth-order valence-electron chi connectivity index (χ4n) is 3.39. The summed E-state index contributed by atoms with van der Waals surface area (Å²) >= 11 is 0. The molecule has 1 N–H and O–H groups in total. The third-order valence-electron chi connectivity index (χ3n) is 4.87. The molecule has 28 heavy (non-hydrogen) atoms. The molecular weight excluding hydrogens is 380 g/mol. The number of morpholine rings is 1. The maximum atomic E-state index is 12.6. The maximum absolute atomic E-state index is 12.6. The van der Waals surface area contributed by atoms with Crippen LogP contribution in [0.5, 0.6) is 11.5 Å². The molecule has 4 rings (SSSR count). The van der Waals surface area contributed by atoms with Gasteiger partial charge >= 0.3 is 0 Å². The van der Waals surface area contributed by atoms with Crippen molar-refractivity contribution < 1.29 is 22.6 Å². The molecule has 0 aliphatic carbocycles. The van der Waals surface area contributed by atoms with Gasteiger partial charge in [-0.15, -0.1) is 0 Å². The molecule has 1 fully saturated rings. The van der Waals surface area contributed by atoms with Crippen molar-refractivity contribution in [3.05, 3.63) is 54.1 Å². The number of rotatable bonds is 6. The lowest BCUT2D eigenvalue weighted by molar-refractivity contribution is -0.0291. The Labute approximate surface area is 165 Å². The molecule has 0 radical (unpaired) electrons. The molecule has 7 nitrogen and oxygen atoms in total. The quantitative estimate of drug-likeness (QED) is 0.791. The highest BCUT2D eigenvalue weighted by Gasteiger charge is 2.23. The second kappa shape index (κ2) is 8.48. The van der Waals surface area contributed by atoms with E-state index in [1.54, 1.807) is 6.07 Å². The summed E-state index contributed by atoms with van der Waals surface area (Å²) in [5.74, 6) is 1.04. The van der Waals surface area contributed by atoms with Crippen molar-refractivity contribution in [3.8, 4) is 11.5 Å². The summed E-state index contributed by atoms with van der Waals surface area (Å²) < 4.78 is 44.6. The Morgan fingerprint density at radius 1 is 1.00 bits per heavy atom. The monoisotopic (exact) mass is 404 g/mol. The van der Waals surface area contributed by atoms with Crippen molar-refractivity contribution in [1.29, 1.82) is 0 Å². The average molecular weight is 404 g/mol. The van der Waals surface area contributed by atoms with E-state index in [1.807, 2.05) is 18.2 Å². The highest BCUT2D eigenvalue weighted by Crippen LogP contribution is 2.32. The normalized spacial score (nSPS) is 20.1. The van der Waals surface area contributed by atoms with Gasteiger partial charge in [0.25, 0.3) is 0 Å². The van der Waals surface area contributed by atoms with Crippen molar-refractivity contribution in [1.82, 2.24) is 9.62 Å². The lowest BCUT2D eigenvalue weighted by Crippen LogP contribution is -2.42. The standard InChI is InChI=1S/C20H24N2O5S/c23-28(24,17-6-7-18-19(14-17)27-13-12-26-18)21-8-9-22-10-11-25-20(15-22)16-4-2-1-3-5-16/h1-7,14,20-21H,8-13,15H2/t20-/m1/s1. The second-order valence-corrected chi connectivity index (χ2v) is 8.54. The minimum Gasteiger partial charge on any atom is -0.486 e. The lowest BCUT2D eigenvalue weighted by Gasteiger charge is -2.33. The van der Waals surface area contributed by atoms with E-state index in [0.717, 1.165) is 18.7 Å². The van der Waals surface area contributed by atoms with Crippen LogP contribution in [0.4, 0.5) is 0 Å². The zero-order chi connectivity index (χ0) is 19.4. The minimum absolute atomic E-state index is 0.0179. The van der Waals surface area contributed by atoms with E-state index in [9.17, 15) is 8.42 Å². The fourth-order valence-corrected chi connectivity index (χ4v) is 4.42. The summed E-state index contributed by atoms with van der Waals surface area (Å²) in [5.41, 5.74) is 1.14. The average Bonchev–Trinajstić information content (AvgIpc) is 2.74. The zero-order valence-electron chi connectivity index (χ0n) is 15.5. The first-order valence-corrected chi connectivity index (χ1v) is 10.9. The van der Waals surface area contributed by atoms with Crippen LogP contribution in [0.1, 0.15) is 11.7 Å². The minimum atomic E-state index is -3.60. The Hall–Kier alpha value is -2.13. The zero-order valence-corrected chi connectivity index (χ0v) is 16.4. The number of hydrogen-bond donors (Lipinski definition) is 1.